The Labute approximate surface area is 114 Å². The van der Waals surface area contributed by atoms with Gasteiger partial charge in [-0.05, 0) is 89.5 Å². The van der Waals surface area contributed by atoms with Crippen molar-refractivity contribution in [3.8, 4) is 11.1 Å². The molecular weight excluding hydrogens is 228 g/mol. The molecule has 0 unspecified atom stereocenters. The van der Waals surface area contributed by atoms with Gasteiger partial charge in [0.25, 0.3) is 0 Å². The van der Waals surface area contributed by atoms with Gasteiger partial charge in [-0.3, -0.25) is 0 Å². The normalized spacial score (nSPS) is 18.1. The average Bonchev–Trinajstić information content (AvgIpc) is 3.10. The van der Waals surface area contributed by atoms with Gasteiger partial charge in [-0.1, -0.05) is 24.3 Å². The highest BCUT2D eigenvalue weighted by atomic mass is 14.3. The highest BCUT2D eigenvalue weighted by molar-refractivity contribution is 5.79. The van der Waals surface area contributed by atoms with Crippen molar-refractivity contribution in [3.05, 3.63) is 57.6 Å². The first-order chi connectivity index (χ1) is 9.38. The van der Waals surface area contributed by atoms with Crippen LogP contribution in [0.4, 0.5) is 0 Å². The van der Waals surface area contributed by atoms with Gasteiger partial charge in [-0.2, -0.15) is 0 Å². The number of fused-ring (bicyclic) bond motifs is 5. The molecule has 0 saturated heterocycles. The molecule has 5 rings (SSSR count). The maximum Gasteiger partial charge on any atom is -0.00132 e. The smallest absolute Gasteiger partial charge is 0.00132 e. The fourth-order valence-corrected chi connectivity index (χ4v) is 4.35. The molecule has 2 aromatic rings. The minimum Gasteiger partial charge on any atom is -0.0546 e. The Bertz CT molecular complexity index is 645. The standard InChI is InChI=1S/C19H18/c1-3-12-7-16-9-17-8-13-4-2-6-15(13)11-19(17)18(16)10-14(12)5-1/h7-8,10-11H,1-6,9H2. The third kappa shape index (κ3) is 1.35. The highest BCUT2D eigenvalue weighted by Crippen LogP contribution is 2.42. The first-order valence-electron chi connectivity index (χ1n) is 7.68. The summed E-state index contributed by atoms with van der Waals surface area (Å²) in [6, 6.07) is 10.0. The molecule has 19 heavy (non-hydrogen) atoms. The summed E-state index contributed by atoms with van der Waals surface area (Å²) in [6.07, 6.45) is 9.08. The Balaban J connectivity index is 1.74. The number of hydrogen-bond acceptors (Lipinski definition) is 0. The largest absolute Gasteiger partial charge is 0.0546 e. The Morgan fingerprint density at radius 1 is 0.474 bits per heavy atom. The van der Waals surface area contributed by atoms with Gasteiger partial charge < -0.3 is 0 Å². The molecule has 0 aliphatic heterocycles. The van der Waals surface area contributed by atoms with Gasteiger partial charge in [-0.25, -0.2) is 0 Å². The lowest BCUT2D eigenvalue weighted by Gasteiger charge is -2.07. The second-order valence-corrected chi connectivity index (χ2v) is 6.44. The first kappa shape index (κ1) is 10.3. The zero-order valence-electron chi connectivity index (χ0n) is 11.3. The second kappa shape index (κ2) is 3.50. The number of aryl methyl sites for hydroxylation is 4. The highest BCUT2D eigenvalue weighted by Gasteiger charge is 2.24. The quantitative estimate of drug-likeness (QED) is 0.556. The summed E-state index contributed by atoms with van der Waals surface area (Å²) >= 11 is 0. The van der Waals surface area contributed by atoms with Crippen LogP contribution in [0.25, 0.3) is 11.1 Å². The molecule has 3 aliphatic rings. The Hall–Kier alpha value is -1.56. The molecule has 0 heterocycles. The summed E-state index contributed by atoms with van der Waals surface area (Å²) < 4.78 is 0. The van der Waals surface area contributed by atoms with Gasteiger partial charge in [0.1, 0.15) is 0 Å². The lowest BCUT2D eigenvalue weighted by Crippen LogP contribution is -1.87. The van der Waals surface area contributed by atoms with Crippen molar-refractivity contribution in [2.45, 2.75) is 44.9 Å². The van der Waals surface area contributed by atoms with Gasteiger partial charge in [0.05, 0.1) is 0 Å². The zero-order chi connectivity index (χ0) is 12.4. The number of benzene rings is 2. The molecule has 3 aliphatic carbocycles. The van der Waals surface area contributed by atoms with Crippen LogP contribution in [0, 0.1) is 0 Å². The van der Waals surface area contributed by atoms with E-state index in [1.165, 1.54) is 44.9 Å². The van der Waals surface area contributed by atoms with Crippen LogP contribution in [0.3, 0.4) is 0 Å². The van der Waals surface area contributed by atoms with E-state index in [9.17, 15) is 0 Å². The second-order valence-electron chi connectivity index (χ2n) is 6.44. The topological polar surface area (TPSA) is 0 Å². The zero-order valence-corrected chi connectivity index (χ0v) is 11.3. The molecule has 0 saturated carbocycles. The summed E-state index contributed by atoms with van der Waals surface area (Å²) in [6.45, 7) is 0. The molecule has 94 valence electrons. The third-order valence-electron chi connectivity index (χ3n) is 5.31. The SMILES string of the molecule is c1c2c(cc3c1Cc1cc4c(cc1-3)CCC4)CCC2. The van der Waals surface area contributed by atoms with Crippen molar-refractivity contribution >= 4 is 0 Å². The first-order valence-corrected chi connectivity index (χ1v) is 7.68. The fourth-order valence-electron chi connectivity index (χ4n) is 4.35. The van der Waals surface area contributed by atoms with Crippen molar-refractivity contribution in [2.24, 2.45) is 0 Å². The van der Waals surface area contributed by atoms with Crippen LogP contribution in [0.5, 0.6) is 0 Å². The molecule has 0 amide bonds. The van der Waals surface area contributed by atoms with Gasteiger partial charge in [0.15, 0.2) is 0 Å². The van der Waals surface area contributed by atoms with E-state index in [0.717, 1.165) is 0 Å². The van der Waals surface area contributed by atoms with Crippen molar-refractivity contribution < 1.29 is 0 Å². The van der Waals surface area contributed by atoms with E-state index in [0.29, 0.717) is 0 Å². The van der Waals surface area contributed by atoms with Gasteiger partial charge in [-0.15, -0.1) is 0 Å². The van der Waals surface area contributed by atoms with Crippen molar-refractivity contribution in [1.29, 1.82) is 0 Å². The van der Waals surface area contributed by atoms with E-state index < -0.39 is 0 Å². The van der Waals surface area contributed by atoms with E-state index in [-0.39, 0.29) is 0 Å². The number of rotatable bonds is 0. The molecule has 0 radical (unpaired) electrons. The summed E-state index contributed by atoms with van der Waals surface area (Å²) in [5, 5.41) is 0. The Kier molecular flexibility index (Phi) is 1.89. The van der Waals surface area contributed by atoms with Crippen molar-refractivity contribution in [3.63, 3.8) is 0 Å². The molecule has 0 nitrogen and oxygen atoms in total. The predicted octanol–water partition coefficient (Wildman–Crippen LogP) is 4.24. The van der Waals surface area contributed by atoms with Crippen LogP contribution in [0.2, 0.25) is 0 Å². The molecule has 0 aromatic heterocycles. The molecule has 0 bridgehead atoms. The van der Waals surface area contributed by atoms with E-state index in [2.05, 4.69) is 24.3 Å². The Morgan fingerprint density at radius 2 is 0.895 bits per heavy atom. The monoisotopic (exact) mass is 246 g/mol. The van der Waals surface area contributed by atoms with Crippen LogP contribution in [0.15, 0.2) is 24.3 Å². The van der Waals surface area contributed by atoms with Crippen molar-refractivity contribution in [1.82, 2.24) is 0 Å². The minimum absolute atomic E-state index is 1.17. The minimum atomic E-state index is 1.17. The van der Waals surface area contributed by atoms with Gasteiger partial charge in [0, 0.05) is 0 Å². The van der Waals surface area contributed by atoms with Crippen LogP contribution in [-0.4, -0.2) is 0 Å². The molecular formula is C19H18. The summed E-state index contributed by atoms with van der Waals surface area (Å²) in [5.74, 6) is 0. The van der Waals surface area contributed by atoms with Crippen molar-refractivity contribution in [2.75, 3.05) is 0 Å². The fraction of sp³-hybridized carbons (Fsp3) is 0.368. The van der Waals surface area contributed by atoms with E-state index in [4.69, 9.17) is 0 Å². The van der Waals surface area contributed by atoms with Gasteiger partial charge >= 0.3 is 0 Å². The average molecular weight is 246 g/mol. The van der Waals surface area contributed by atoms with Gasteiger partial charge in [0.2, 0.25) is 0 Å². The molecule has 0 heteroatoms. The van der Waals surface area contributed by atoms with Crippen LogP contribution < -0.4 is 0 Å². The Morgan fingerprint density at radius 3 is 1.37 bits per heavy atom. The summed E-state index contributed by atoms with van der Waals surface area (Å²) in [7, 11) is 0. The lowest BCUT2D eigenvalue weighted by atomic mass is 9.98. The summed E-state index contributed by atoms with van der Waals surface area (Å²) in [4.78, 5) is 0. The number of hydrogen-bond donors (Lipinski definition) is 0. The van der Waals surface area contributed by atoms with E-state index in [1.54, 1.807) is 44.5 Å². The van der Waals surface area contributed by atoms with Crippen LogP contribution >= 0.6 is 0 Å². The third-order valence-corrected chi connectivity index (χ3v) is 5.31. The molecule has 0 fully saturated rings. The molecule has 2 aromatic carbocycles. The van der Waals surface area contributed by atoms with Crippen LogP contribution in [0.1, 0.15) is 46.2 Å². The van der Waals surface area contributed by atoms with E-state index in [1.807, 2.05) is 0 Å². The van der Waals surface area contributed by atoms with Crippen LogP contribution in [-0.2, 0) is 32.1 Å². The maximum atomic E-state index is 2.50. The maximum absolute atomic E-state index is 2.50. The molecule has 0 atom stereocenters. The molecule has 0 N–H and O–H groups in total. The molecule has 0 spiro atoms. The van der Waals surface area contributed by atoms with E-state index >= 15 is 0 Å². The lowest BCUT2D eigenvalue weighted by molar-refractivity contribution is 0.911. The predicted molar refractivity (Wildman–Crippen MR) is 78.7 cm³/mol. The summed E-state index contributed by atoms with van der Waals surface area (Å²) in [5.41, 5.74) is 12.7.